The van der Waals surface area contributed by atoms with E-state index in [0.717, 1.165) is 15.9 Å². The van der Waals surface area contributed by atoms with E-state index < -0.39 is 0 Å². The fraction of sp³-hybridized carbons (Fsp3) is 0.0833. The van der Waals surface area contributed by atoms with Crippen LogP contribution in [-0.2, 0) is 6.54 Å². The third-order valence-electron chi connectivity index (χ3n) is 2.16. The van der Waals surface area contributed by atoms with Gasteiger partial charge >= 0.3 is 0 Å². The van der Waals surface area contributed by atoms with E-state index in [2.05, 4.69) is 26.2 Å². The molecule has 5 heteroatoms. The molecule has 1 heterocycles. The Kier molecular flexibility index (Phi) is 4.26. The Labute approximate surface area is 118 Å². The lowest BCUT2D eigenvalue weighted by Gasteiger charge is -2.08. The van der Waals surface area contributed by atoms with Gasteiger partial charge in [-0.1, -0.05) is 23.2 Å². The molecule has 0 aliphatic carbocycles. The summed E-state index contributed by atoms with van der Waals surface area (Å²) in [5, 5.41) is 4.53. The van der Waals surface area contributed by atoms with Gasteiger partial charge in [-0.2, -0.15) is 0 Å². The SMILES string of the molecule is Clc1cc(Cl)cc(CNc2cccnc2Br)c1. The first kappa shape index (κ1) is 12.7. The lowest BCUT2D eigenvalue weighted by atomic mass is 10.2. The number of hydrogen-bond donors (Lipinski definition) is 1. The van der Waals surface area contributed by atoms with E-state index in [1.807, 2.05) is 24.3 Å². The number of pyridine rings is 1. The molecule has 1 N–H and O–H groups in total. The van der Waals surface area contributed by atoms with Crippen LogP contribution in [0.15, 0.2) is 41.1 Å². The molecule has 2 aromatic rings. The highest BCUT2D eigenvalue weighted by Gasteiger charge is 2.01. The van der Waals surface area contributed by atoms with Crippen molar-refractivity contribution in [3.8, 4) is 0 Å². The number of nitrogens with zero attached hydrogens (tertiary/aromatic N) is 1. The number of anilines is 1. The van der Waals surface area contributed by atoms with Crippen LogP contribution in [0.3, 0.4) is 0 Å². The van der Waals surface area contributed by atoms with Crippen LogP contribution >= 0.6 is 39.1 Å². The number of halogens is 3. The van der Waals surface area contributed by atoms with E-state index in [1.165, 1.54) is 0 Å². The number of aromatic nitrogens is 1. The Morgan fingerprint density at radius 3 is 2.53 bits per heavy atom. The Morgan fingerprint density at radius 2 is 1.88 bits per heavy atom. The van der Waals surface area contributed by atoms with Crippen LogP contribution in [0.25, 0.3) is 0 Å². The lowest BCUT2D eigenvalue weighted by Crippen LogP contribution is -2.00. The second kappa shape index (κ2) is 5.71. The summed E-state index contributed by atoms with van der Waals surface area (Å²) in [6.07, 6.45) is 1.73. The summed E-state index contributed by atoms with van der Waals surface area (Å²) >= 11 is 15.2. The average Bonchev–Trinajstić information content (AvgIpc) is 2.27. The maximum Gasteiger partial charge on any atom is 0.129 e. The molecule has 88 valence electrons. The average molecular weight is 332 g/mol. The molecule has 0 aliphatic rings. The molecule has 0 atom stereocenters. The molecule has 1 aromatic carbocycles. The molecule has 1 aromatic heterocycles. The fourth-order valence-electron chi connectivity index (χ4n) is 1.43. The molecule has 0 saturated carbocycles. The van der Waals surface area contributed by atoms with Crippen LogP contribution in [0.5, 0.6) is 0 Å². The molecule has 0 aliphatic heterocycles. The number of benzene rings is 1. The molecule has 0 fully saturated rings. The van der Waals surface area contributed by atoms with Gasteiger partial charge in [0.05, 0.1) is 5.69 Å². The molecule has 2 nitrogen and oxygen atoms in total. The molecule has 17 heavy (non-hydrogen) atoms. The normalized spacial score (nSPS) is 10.3. The highest BCUT2D eigenvalue weighted by atomic mass is 79.9. The predicted molar refractivity (Wildman–Crippen MR) is 75.7 cm³/mol. The molecular weight excluding hydrogens is 323 g/mol. The van der Waals surface area contributed by atoms with Crippen LogP contribution in [-0.4, -0.2) is 4.98 Å². The van der Waals surface area contributed by atoms with Gasteiger partial charge in [-0.15, -0.1) is 0 Å². The standard InChI is InChI=1S/C12H9BrCl2N2/c13-12-11(2-1-3-16-12)17-7-8-4-9(14)6-10(15)5-8/h1-6,17H,7H2. The van der Waals surface area contributed by atoms with Gasteiger partial charge in [0.15, 0.2) is 0 Å². The molecule has 2 rings (SSSR count). The predicted octanol–water partition coefficient (Wildman–Crippen LogP) is 4.76. The highest BCUT2D eigenvalue weighted by molar-refractivity contribution is 9.10. The maximum absolute atomic E-state index is 5.93. The zero-order chi connectivity index (χ0) is 12.3. The summed E-state index contributed by atoms with van der Waals surface area (Å²) in [6.45, 7) is 0.643. The van der Waals surface area contributed by atoms with Crippen molar-refractivity contribution in [2.75, 3.05) is 5.32 Å². The zero-order valence-electron chi connectivity index (χ0n) is 8.75. The minimum Gasteiger partial charge on any atom is -0.379 e. The van der Waals surface area contributed by atoms with E-state index in [-0.39, 0.29) is 0 Å². The summed E-state index contributed by atoms with van der Waals surface area (Å²) in [6, 6.07) is 9.29. The molecule has 0 saturated heterocycles. The summed E-state index contributed by atoms with van der Waals surface area (Å²) < 4.78 is 0.785. The first-order chi connectivity index (χ1) is 8.15. The Bertz CT molecular complexity index is 511. The van der Waals surface area contributed by atoms with Crippen molar-refractivity contribution in [1.82, 2.24) is 4.98 Å². The van der Waals surface area contributed by atoms with E-state index >= 15 is 0 Å². The molecule has 0 spiro atoms. The third-order valence-corrected chi connectivity index (χ3v) is 3.23. The Balaban J connectivity index is 2.10. The van der Waals surface area contributed by atoms with Crippen LogP contribution in [0.1, 0.15) is 5.56 Å². The van der Waals surface area contributed by atoms with E-state index in [9.17, 15) is 0 Å². The first-order valence-corrected chi connectivity index (χ1v) is 6.49. The van der Waals surface area contributed by atoms with Crippen molar-refractivity contribution < 1.29 is 0 Å². The highest BCUT2D eigenvalue weighted by Crippen LogP contribution is 2.22. The minimum absolute atomic E-state index is 0.638. The van der Waals surface area contributed by atoms with Crippen LogP contribution in [0.2, 0.25) is 10.0 Å². The van der Waals surface area contributed by atoms with Crippen molar-refractivity contribution in [3.05, 3.63) is 56.7 Å². The van der Waals surface area contributed by atoms with Gasteiger partial charge in [-0.3, -0.25) is 0 Å². The van der Waals surface area contributed by atoms with Crippen molar-refractivity contribution >= 4 is 44.8 Å². The zero-order valence-corrected chi connectivity index (χ0v) is 11.9. The Hall–Kier alpha value is -0.770. The second-order valence-electron chi connectivity index (χ2n) is 3.47. The molecule has 0 radical (unpaired) electrons. The number of rotatable bonds is 3. The Morgan fingerprint density at radius 1 is 1.18 bits per heavy atom. The number of nitrogens with one attached hydrogen (secondary N) is 1. The van der Waals surface area contributed by atoms with Crippen LogP contribution in [0, 0.1) is 0 Å². The van der Waals surface area contributed by atoms with E-state index in [4.69, 9.17) is 23.2 Å². The summed E-state index contributed by atoms with van der Waals surface area (Å²) in [5.41, 5.74) is 1.96. The summed E-state index contributed by atoms with van der Waals surface area (Å²) in [7, 11) is 0. The smallest absolute Gasteiger partial charge is 0.129 e. The summed E-state index contributed by atoms with van der Waals surface area (Å²) in [4.78, 5) is 4.13. The maximum atomic E-state index is 5.93. The second-order valence-corrected chi connectivity index (χ2v) is 5.10. The van der Waals surface area contributed by atoms with Gasteiger partial charge < -0.3 is 5.32 Å². The van der Waals surface area contributed by atoms with Crippen molar-refractivity contribution in [2.45, 2.75) is 6.54 Å². The van der Waals surface area contributed by atoms with Crippen LogP contribution < -0.4 is 5.32 Å². The van der Waals surface area contributed by atoms with Crippen LogP contribution in [0.4, 0.5) is 5.69 Å². The van der Waals surface area contributed by atoms with Crippen molar-refractivity contribution in [2.24, 2.45) is 0 Å². The molecular formula is C12H9BrCl2N2. The largest absolute Gasteiger partial charge is 0.379 e. The summed E-state index contributed by atoms with van der Waals surface area (Å²) in [5.74, 6) is 0. The van der Waals surface area contributed by atoms with E-state index in [1.54, 1.807) is 12.3 Å². The van der Waals surface area contributed by atoms with Gasteiger partial charge in [0, 0.05) is 22.8 Å². The van der Waals surface area contributed by atoms with Gasteiger partial charge in [0.2, 0.25) is 0 Å². The molecule has 0 bridgehead atoms. The van der Waals surface area contributed by atoms with Gasteiger partial charge in [-0.05, 0) is 51.8 Å². The van der Waals surface area contributed by atoms with Crippen molar-refractivity contribution in [1.29, 1.82) is 0 Å². The number of hydrogen-bond acceptors (Lipinski definition) is 2. The lowest BCUT2D eigenvalue weighted by molar-refractivity contribution is 1.13. The third kappa shape index (κ3) is 3.60. The minimum atomic E-state index is 0.638. The van der Waals surface area contributed by atoms with Crippen molar-refractivity contribution in [3.63, 3.8) is 0 Å². The quantitative estimate of drug-likeness (QED) is 0.820. The topological polar surface area (TPSA) is 24.9 Å². The molecule has 0 amide bonds. The van der Waals surface area contributed by atoms with Gasteiger partial charge in [0.1, 0.15) is 4.60 Å². The molecule has 0 unspecified atom stereocenters. The van der Waals surface area contributed by atoms with Gasteiger partial charge in [0.25, 0.3) is 0 Å². The first-order valence-electron chi connectivity index (χ1n) is 4.94. The van der Waals surface area contributed by atoms with Gasteiger partial charge in [-0.25, -0.2) is 4.98 Å². The fourth-order valence-corrected chi connectivity index (χ4v) is 2.39. The monoisotopic (exact) mass is 330 g/mol. The van der Waals surface area contributed by atoms with E-state index in [0.29, 0.717) is 16.6 Å².